The Balaban J connectivity index is -0.000000313. The fraction of sp³-hybridized carbons (Fsp3) is 0.0833. The molecule has 0 aliphatic heterocycles. The Labute approximate surface area is 208 Å². The fourth-order valence-electron chi connectivity index (χ4n) is 0.893. The predicted molar refractivity (Wildman–Crippen MR) is 108 cm³/mol. The second kappa shape index (κ2) is 16.4. The molecule has 12 heteroatoms. The zero-order valence-corrected chi connectivity index (χ0v) is 22.4. The summed E-state index contributed by atoms with van der Waals surface area (Å²) in [5, 5.41) is 9.21. The minimum absolute atomic E-state index is 0. The van der Waals surface area contributed by atoms with Crippen LogP contribution in [0.25, 0.3) is 0 Å². The van der Waals surface area contributed by atoms with Crippen molar-refractivity contribution >= 4 is 116 Å². The van der Waals surface area contributed by atoms with Crippen LogP contribution in [0, 0.1) is 25.2 Å². The van der Waals surface area contributed by atoms with E-state index in [0.29, 0.717) is 22.9 Å². The largest absolute Gasteiger partial charge is 2.00 e. The van der Waals surface area contributed by atoms with Crippen molar-refractivity contribution in [2.24, 2.45) is 0 Å². The van der Waals surface area contributed by atoms with Gasteiger partial charge in [0.1, 0.15) is 14.1 Å². The summed E-state index contributed by atoms with van der Waals surface area (Å²) in [6.07, 6.45) is 13.9. The van der Waals surface area contributed by atoms with Crippen LogP contribution in [0.1, 0.15) is 20.7 Å². The first-order valence-electron chi connectivity index (χ1n) is 4.90. The Morgan fingerprint density at radius 2 is 1.58 bits per heavy atom. The molecule has 0 bridgehead atoms. The molecular formula is C12H5Br5MgN2O2S2. The van der Waals surface area contributed by atoms with Crippen molar-refractivity contribution in [3.63, 3.8) is 0 Å². The van der Waals surface area contributed by atoms with E-state index in [-0.39, 0.29) is 40.0 Å². The van der Waals surface area contributed by atoms with Gasteiger partial charge >= 0.3 is 23.1 Å². The maximum atomic E-state index is 10.2. The van der Waals surface area contributed by atoms with Gasteiger partial charge < -0.3 is 34.9 Å². The number of carbonyl (C=O) groups is 1. The van der Waals surface area contributed by atoms with Crippen LogP contribution in [0.15, 0.2) is 17.0 Å². The number of aliphatic hydroxyl groups excluding tert-OH is 1. The van der Waals surface area contributed by atoms with E-state index in [9.17, 15) is 9.90 Å². The van der Waals surface area contributed by atoms with Gasteiger partial charge in [-0.1, -0.05) is 5.92 Å². The minimum atomic E-state index is -0.867. The summed E-state index contributed by atoms with van der Waals surface area (Å²) in [6, 6.07) is 0. The summed E-state index contributed by atoms with van der Waals surface area (Å²) in [6.45, 7) is 0. The van der Waals surface area contributed by atoms with Crippen LogP contribution in [-0.2, 0) is 0 Å². The van der Waals surface area contributed by atoms with E-state index in [0.717, 1.165) is 10.2 Å². The SMILES string of the molecule is C#CC(O)c1sc(Br)nc1Br.O=Cc1sc(Br)nc1Br.[Br-].[C-]#C.[Mg+2]. The van der Waals surface area contributed by atoms with Crippen LogP contribution in [0.5, 0.6) is 0 Å². The number of halogens is 5. The molecule has 1 N–H and O–H groups in total. The molecule has 0 fully saturated rings. The Kier molecular flexibility index (Phi) is 20.4. The quantitative estimate of drug-likeness (QED) is 0.225. The molecule has 2 aromatic rings. The molecule has 0 saturated carbocycles. The normalized spacial score (nSPS) is 9.42. The van der Waals surface area contributed by atoms with Gasteiger partial charge in [-0.15, -0.1) is 29.1 Å². The maximum absolute atomic E-state index is 10.2. The van der Waals surface area contributed by atoms with Gasteiger partial charge in [-0.05, 0) is 63.7 Å². The Morgan fingerprint density at radius 1 is 1.12 bits per heavy atom. The number of terminal acetylenes is 2. The molecule has 1 atom stereocenters. The number of hydrogen-bond donors (Lipinski definition) is 1. The first kappa shape index (κ1) is 29.9. The molecule has 4 nitrogen and oxygen atoms in total. The number of nitrogens with zero attached hydrogens (tertiary/aromatic N) is 2. The number of aldehydes is 1. The van der Waals surface area contributed by atoms with Gasteiger partial charge in [0.25, 0.3) is 0 Å². The number of aromatic nitrogens is 2. The molecule has 0 aromatic carbocycles. The molecule has 0 aliphatic rings. The Morgan fingerprint density at radius 3 is 1.83 bits per heavy atom. The van der Waals surface area contributed by atoms with Gasteiger partial charge in [0.05, 0.1) is 4.88 Å². The van der Waals surface area contributed by atoms with Crippen molar-refractivity contribution in [1.82, 2.24) is 9.97 Å². The molecule has 2 aromatic heterocycles. The van der Waals surface area contributed by atoms with Crippen molar-refractivity contribution in [3.8, 4) is 18.8 Å². The fourth-order valence-corrected chi connectivity index (χ4v) is 5.28. The van der Waals surface area contributed by atoms with Gasteiger partial charge in [-0.2, -0.15) is 0 Å². The van der Waals surface area contributed by atoms with E-state index in [1.54, 1.807) is 0 Å². The molecule has 0 amide bonds. The van der Waals surface area contributed by atoms with Gasteiger partial charge in [0.2, 0.25) is 0 Å². The molecule has 0 aliphatic carbocycles. The molecule has 0 spiro atoms. The van der Waals surface area contributed by atoms with Gasteiger partial charge in [0, 0.05) is 0 Å². The predicted octanol–water partition coefficient (Wildman–Crippen LogP) is 1.64. The van der Waals surface area contributed by atoms with E-state index in [2.05, 4.69) is 86.0 Å². The van der Waals surface area contributed by atoms with Crippen molar-refractivity contribution < 1.29 is 26.9 Å². The van der Waals surface area contributed by atoms with E-state index < -0.39 is 6.10 Å². The third-order valence-electron chi connectivity index (χ3n) is 1.68. The average Bonchev–Trinajstić information content (AvgIpc) is 3.01. The first-order chi connectivity index (χ1) is 10.4. The molecule has 124 valence electrons. The van der Waals surface area contributed by atoms with Gasteiger partial charge in [-0.3, -0.25) is 4.79 Å². The minimum Gasteiger partial charge on any atom is -1.00 e. The third-order valence-corrected chi connectivity index (χ3v) is 6.41. The summed E-state index contributed by atoms with van der Waals surface area (Å²) < 4.78 is 2.62. The topological polar surface area (TPSA) is 63.1 Å². The summed E-state index contributed by atoms with van der Waals surface area (Å²) in [5.41, 5.74) is 0. The third kappa shape index (κ3) is 10.4. The van der Waals surface area contributed by atoms with Crippen LogP contribution in [0.3, 0.4) is 0 Å². The van der Waals surface area contributed by atoms with Crippen LogP contribution in [0.4, 0.5) is 0 Å². The zero-order chi connectivity index (χ0) is 17.3. The van der Waals surface area contributed by atoms with E-state index in [1.807, 2.05) is 0 Å². The standard InChI is InChI=1S/C6H3Br2NOS.C4HBr2NOS.C2H.BrH.Mg/c1-2-3(10)4-5(7)9-6(8)11-4;5-3-2(1-8)9-4(6)7-3;1-2;;/h1,3,10H;1H;1H;1H;/q;;-1;;+2/p-1. The Bertz CT molecular complexity index is 699. The number of carbonyl (C=O) groups excluding carboxylic acids is 1. The summed E-state index contributed by atoms with van der Waals surface area (Å²) >= 11 is 15.2. The molecule has 2 rings (SSSR count). The van der Waals surface area contributed by atoms with Crippen LogP contribution < -0.4 is 17.0 Å². The number of aliphatic hydroxyl groups is 1. The molecule has 0 saturated heterocycles. The van der Waals surface area contributed by atoms with Crippen LogP contribution in [-0.4, -0.2) is 44.4 Å². The number of thiazole rings is 2. The van der Waals surface area contributed by atoms with Crippen molar-refractivity contribution in [2.75, 3.05) is 0 Å². The van der Waals surface area contributed by atoms with E-state index >= 15 is 0 Å². The van der Waals surface area contributed by atoms with Crippen molar-refractivity contribution in [3.05, 3.63) is 33.2 Å². The van der Waals surface area contributed by atoms with Crippen LogP contribution >= 0.6 is 86.4 Å². The second-order valence-electron chi connectivity index (χ2n) is 2.93. The smallest absolute Gasteiger partial charge is 1.00 e. The Hall–Kier alpha value is 1.18. The summed E-state index contributed by atoms with van der Waals surface area (Å²) in [4.78, 5) is 19.3. The number of rotatable bonds is 2. The molecular weight excluding hydrogens is 692 g/mol. The molecule has 2 heterocycles. The summed E-state index contributed by atoms with van der Waals surface area (Å²) in [7, 11) is 0. The van der Waals surface area contributed by atoms with Crippen LogP contribution in [0.2, 0.25) is 0 Å². The summed E-state index contributed by atoms with van der Waals surface area (Å²) in [5.74, 6) is 2.21. The zero-order valence-electron chi connectivity index (χ0n) is 11.5. The molecule has 24 heavy (non-hydrogen) atoms. The first-order valence-corrected chi connectivity index (χ1v) is 9.71. The van der Waals surface area contributed by atoms with Crippen molar-refractivity contribution in [2.45, 2.75) is 6.10 Å². The van der Waals surface area contributed by atoms with E-state index in [4.69, 9.17) is 12.8 Å². The second-order valence-corrected chi connectivity index (χ2v) is 9.05. The van der Waals surface area contributed by atoms with Gasteiger partial charge in [-0.25, -0.2) is 9.97 Å². The molecule has 1 unspecified atom stereocenters. The average molecular weight is 697 g/mol. The monoisotopic (exact) mass is 692 g/mol. The maximum Gasteiger partial charge on any atom is 2.00 e. The van der Waals surface area contributed by atoms with Crippen molar-refractivity contribution in [1.29, 1.82) is 0 Å². The number of hydrogen-bond acceptors (Lipinski definition) is 6. The molecule has 0 radical (unpaired) electrons. The van der Waals surface area contributed by atoms with Gasteiger partial charge in [0.15, 0.2) is 20.2 Å². The van der Waals surface area contributed by atoms with E-state index in [1.165, 1.54) is 22.7 Å².